The smallest absolute Gasteiger partial charge is 0 e. The molecule has 0 aliphatic heterocycles. The minimum absolute atomic E-state index is 0. The first-order valence-electron chi connectivity index (χ1n) is 2.41. The maximum absolute atomic E-state index is 2.21. The van der Waals surface area contributed by atoms with Gasteiger partial charge in [0.25, 0.3) is 0 Å². The van der Waals surface area contributed by atoms with Crippen LogP contribution < -0.4 is 0 Å². The van der Waals surface area contributed by atoms with Crippen LogP contribution in [-0.2, 0) is 21.1 Å². The molecule has 0 rings (SSSR count). The molecule has 0 spiro atoms. The van der Waals surface area contributed by atoms with Crippen LogP contribution in [0, 0.1) is 0 Å². The van der Waals surface area contributed by atoms with Crippen LogP contribution in [0.3, 0.4) is 0 Å². The number of hydrogen-bond donors (Lipinski definition) is 0. The van der Waals surface area contributed by atoms with E-state index in [1.165, 1.54) is 19.3 Å². The monoisotopic (exact) mass is 256 g/mol. The van der Waals surface area contributed by atoms with Gasteiger partial charge in [-0.05, 0) is 0 Å². The second-order valence-corrected chi connectivity index (χ2v) is 1.35. The molecule has 0 saturated heterocycles. The summed E-state index contributed by atoms with van der Waals surface area (Å²) in [7, 11) is 0. The van der Waals surface area contributed by atoms with Crippen LogP contribution in [0.5, 0.6) is 0 Å². The number of unbranched alkanes of at least 4 members (excludes halogenated alkanes) is 2. The molecule has 0 aliphatic carbocycles. The first-order chi connectivity index (χ1) is 2.41. The Morgan fingerprint density at radius 2 is 1.33 bits per heavy atom. The van der Waals surface area contributed by atoms with Crippen LogP contribution >= 0.6 is 0 Å². The Bertz CT molecular complexity index is 11.4. The van der Waals surface area contributed by atoms with Crippen molar-refractivity contribution in [1.29, 1.82) is 0 Å². The van der Waals surface area contributed by atoms with E-state index in [9.17, 15) is 0 Å². The zero-order valence-corrected chi connectivity index (χ0v) is 7.46. The third-order valence-corrected chi connectivity index (χ3v) is 0.707. The molecule has 0 nitrogen and oxygen atoms in total. The molecule has 0 heterocycles. The average Bonchev–Trinajstić information content (AvgIpc) is 1.41. The molecule has 0 aromatic rings. The Balaban J connectivity index is 0. The predicted molar refractivity (Wildman–Crippen MR) is 25.2 cm³/mol. The van der Waals surface area contributed by atoms with Crippen molar-refractivity contribution in [2.45, 2.75) is 33.1 Å². The van der Waals surface area contributed by atoms with Gasteiger partial charge in [0.15, 0.2) is 0 Å². The van der Waals surface area contributed by atoms with E-state index in [-0.39, 0.29) is 21.1 Å². The first kappa shape index (κ1) is 9.85. The topological polar surface area (TPSA) is 0 Å². The van der Waals surface area contributed by atoms with Gasteiger partial charge in [-0.3, -0.25) is 0 Å². The van der Waals surface area contributed by atoms with Crippen LogP contribution in [0.1, 0.15) is 33.1 Å². The van der Waals surface area contributed by atoms with E-state index in [1.807, 2.05) is 0 Å². The van der Waals surface area contributed by atoms with E-state index in [2.05, 4.69) is 13.8 Å². The average molecular weight is 256 g/mol. The SMILES string of the molecule is CCCCC.[W]. The van der Waals surface area contributed by atoms with Crippen LogP contribution in [0.25, 0.3) is 0 Å². The Kier molecular flexibility index (Phi) is 15.1. The van der Waals surface area contributed by atoms with E-state index >= 15 is 0 Å². The molecule has 38 valence electrons. The summed E-state index contributed by atoms with van der Waals surface area (Å²) in [5, 5.41) is 0. The molecule has 0 atom stereocenters. The van der Waals surface area contributed by atoms with Crippen LogP contribution in [0.4, 0.5) is 0 Å². The summed E-state index contributed by atoms with van der Waals surface area (Å²) in [6.45, 7) is 4.42. The van der Waals surface area contributed by atoms with Crippen LogP contribution in [0.15, 0.2) is 0 Å². The van der Waals surface area contributed by atoms with Gasteiger partial charge in [0.05, 0.1) is 0 Å². The molecule has 0 saturated carbocycles. The fourth-order valence-corrected chi connectivity index (χ4v) is 0.354. The molecule has 1 heteroatoms. The largest absolute Gasteiger partial charge is 0.0654 e. The van der Waals surface area contributed by atoms with Gasteiger partial charge in [-0.15, -0.1) is 0 Å². The van der Waals surface area contributed by atoms with Crippen molar-refractivity contribution in [3.8, 4) is 0 Å². The predicted octanol–water partition coefficient (Wildman–Crippen LogP) is 2.19. The second kappa shape index (κ2) is 9.19. The number of rotatable bonds is 2. The van der Waals surface area contributed by atoms with Gasteiger partial charge in [-0.1, -0.05) is 33.1 Å². The first-order valence-corrected chi connectivity index (χ1v) is 2.41. The minimum atomic E-state index is 0. The molecular weight excluding hydrogens is 244 g/mol. The summed E-state index contributed by atoms with van der Waals surface area (Å²) in [6.07, 6.45) is 4.08. The maximum Gasteiger partial charge on any atom is 0 e. The fourth-order valence-electron chi connectivity index (χ4n) is 0.354. The van der Waals surface area contributed by atoms with Crippen molar-refractivity contribution in [3.05, 3.63) is 0 Å². The summed E-state index contributed by atoms with van der Waals surface area (Å²) in [5.41, 5.74) is 0. The molecule has 0 aliphatic rings. The molecular formula is C5H12W. The quantitative estimate of drug-likeness (QED) is 0.710. The van der Waals surface area contributed by atoms with E-state index < -0.39 is 0 Å². The molecule has 0 radical (unpaired) electrons. The van der Waals surface area contributed by atoms with Crippen LogP contribution in [-0.4, -0.2) is 0 Å². The minimum Gasteiger partial charge on any atom is -0.0654 e. The van der Waals surface area contributed by atoms with Gasteiger partial charge in [0.1, 0.15) is 0 Å². The Labute approximate surface area is 54.6 Å². The molecule has 0 N–H and O–H groups in total. The zero-order valence-electron chi connectivity index (χ0n) is 4.53. The van der Waals surface area contributed by atoms with Crippen LogP contribution in [0.2, 0.25) is 0 Å². The number of hydrogen-bond acceptors (Lipinski definition) is 0. The van der Waals surface area contributed by atoms with Crippen molar-refractivity contribution >= 4 is 0 Å². The van der Waals surface area contributed by atoms with Gasteiger partial charge in [0, 0.05) is 21.1 Å². The summed E-state index contributed by atoms with van der Waals surface area (Å²) in [4.78, 5) is 0. The summed E-state index contributed by atoms with van der Waals surface area (Å²) < 4.78 is 0. The molecule has 0 aromatic carbocycles. The Morgan fingerprint density at radius 3 is 1.33 bits per heavy atom. The molecule has 6 heavy (non-hydrogen) atoms. The van der Waals surface area contributed by atoms with Crippen molar-refractivity contribution in [1.82, 2.24) is 0 Å². The van der Waals surface area contributed by atoms with Gasteiger partial charge in [-0.25, -0.2) is 0 Å². The van der Waals surface area contributed by atoms with Gasteiger partial charge in [-0.2, -0.15) is 0 Å². The molecule has 0 aromatic heterocycles. The van der Waals surface area contributed by atoms with E-state index in [0.29, 0.717) is 0 Å². The molecule has 0 unspecified atom stereocenters. The normalized spacial score (nSPS) is 7.00. The summed E-state index contributed by atoms with van der Waals surface area (Å²) >= 11 is 0. The zero-order chi connectivity index (χ0) is 4.12. The third-order valence-electron chi connectivity index (χ3n) is 0.707. The van der Waals surface area contributed by atoms with Gasteiger partial charge in [0.2, 0.25) is 0 Å². The van der Waals surface area contributed by atoms with Crippen molar-refractivity contribution in [2.24, 2.45) is 0 Å². The third kappa shape index (κ3) is 8.82. The van der Waals surface area contributed by atoms with Crippen molar-refractivity contribution in [2.75, 3.05) is 0 Å². The maximum atomic E-state index is 2.21. The summed E-state index contributed by atoms with van der Waals surface area (Å²) in [6, 6.07) is 0. The fraction of sp³-hybridized carbons (Fsp3) is 1.00. The van der Waals surface area contributed by atoms with Gasteiger partial charge < -0.3 is 0 Å². The Hall–Kier alpha value is 0.688. The summed E-state index contributed by atoms with van der Waals surface area (Å²) in [5.74, 6) is 0. The van der Waals surface area contributed by atoms with Crippen molar-refractivity contribution < 1.29 is 21.1 Å². The Morgan fingerprint density at radius 1 is 1.00 bits per heavy atom. The van der Waals surface area contributed by atoms with Gasteiger partial charge >= 0.3 is 0 Å². The molecule has 0 bridgehead atoms. The van der Waals surface area contributed by atoms with E-state index in [4.69, 9.17) is 0 Å². The second-order valence-electron chi connectivity index (χ2n) is 1.35. The van der Waals surface area contributed by atoms with Crippen molar-refractivity contribution in [3.63, 3.8) is 0 Å². The molecule has 0 amide bonds. The van der Waals surface area contributed by atoms with E-state index in [1.54, 1.807) is 0 Å². The molecule has 0 fully saturated rings. The van der Waals surface area contributed by atoms with E-state index in [0.717, 1.165) is 0 Å². The standard InChI is InChI=1S/C5H12.W/c1-3-5-4-2;/h3-5H2,1-2H3;.